The first-order chi connectivity index (χ1) is 29.1. The monoisotopic (exact) mass is 851 g/mol. The summed E-state index contributed by atoms with van der Waals surface area (Å²) in [6.45, 7) is 5.38. The molecule has 0 saturated heterocycles. The van der Waals surface area contributed by atoms with E-state index in [0.717, 1.165) is 44.9 Å². The van der Waals surface area contributed by atoms with Crippen LogP contribution in [0.3, 0.4) is 0 Å². The van der Waals surface area contributed by atoms with Crippen molar-refractivity contribution in [1.29, 1.82) is 0 Å². The van der Waals surface area contributed by atoms with Crippen LogP contribution in [-0.2, 0) is 28.8 Å². The van der Waals surface area contributed by atoms with Crippen LogP contribution in [0.5, 0.6) is 0 Å². The van der Waals surface area contributed by atoms with Crippen molar-refractivity contribution in [1.82, 2.24) is 21.3 Å². The van der Waals surface area contributed by atoms with Crippen LogP contribution in [0.4, 0.5) is 0 Å². The normalized spacial score (nSPS) is 12.1. The second-order valence-corrected chi connectivity index (χ2v) is 17.1. The highest BCUT2D eigenvalue weighted by atomic mass is 16.4. The Bertz CT molecular complexity index is 1100. The number of rotatable bonds is 45. The van der Waals surface area contributed by atoms with Crippen LogP contribution in [0.15, 0.2) is 0 Å². The summed E-state index contributed by atoms with van der Waals surface area (Å²) in [5.74, 6) is -4.41. The molecular formula is C48H90N4O8. The molecule has 12 heteroatoms. The van der Waals surface area contributed by atoms with Crippen molar-refractivity contribution in [2.45, 2.75) is 257 Å². The Labute approximate surface area is 365 Å². The molecule has 12 nitrogen and oxygen atoms in total. The Kier molecular flexibility index (Phi) is 40.3. The summed E-state index contributed by atoms with van der Waals surface area (Å²) in [6.07, 6.45) is 35.9. The van der Waals surface area contributed by atoms with Crippen molar-refractivity contribution in [3.63, 3.8) is 0 Å². The van der Waals surface area contributed by atoms with Crippen LogP contribution in [0.2, 0.25) is 0 Å². The van der Waals surface area contributed by atoms with Gasteiger partial charge in [-0.3, -0.25) is 24.0 Å². The predicted octanol–water partition coefficient (Wildman–Crippen LogP) is 10.4. The molecule has 0 saturated carbocycles. The number of carbonyl (C=O) groups excluding carboxylic acids is 4. The van der Waals surface area contributed by atoms with Gasteiger partial charge in [0.05, 0.1) is 12.8 Å². The highest BCUT2D eigenvalue weighted by molar-refractivity contribution is 5.94. The molecule has 0 aromatic rings. The molecule has 0 aliphatic carbocycles. The van der Waals surface area contributed by atoms with Gasteiger partial charge in [0.2, 0.25) is 23.6 Å². The lowest BCUT2D eigenvalue weighted by Crippen LogP contribution is -2.51. The third-order valence-electron chi connectivity index (χ3n) is 11.3. The predicted molar refractivity (Wildman–Crippen MR) is 243 cm³/mol. The second kappa shape index (κ2) is 42.5. The lowest BCUT2D eigenvalue weighted by molar-refractivity contribution is -0.144. The van der Waals surface area contributed by atoms with E-state index in [-0.39, 0.29) is 25.2 Å². The molecule has 0 spiro atoms. The molecule has 0 rings (SSSR count). The number of carboxylic acid groups (broad SMARTS) is 2. The Hall–Kier alpha value is -3.18. The van der Waals surface area contributed by atoms with E-state index in [4.69, 9.17) is 5.11 Å². The molecule has 6 N–H and O–H groups in total. The molecule has 0 heterocycles. The van der Waals surface area contributed by atoms with Gasteiger partial charge in [-0.2, -0.15) is 0 Å². The largest absolute Gasteiger partial charge is 0.481 e. The van der Waals surface area contributed by atoms with Crippen LogP contribution in [0.1, 0.15) is 245 Å². The highest BCUT2D eigenvalue weighted by Gasteiger charge is 2.28. The SMILES string of the molecule is CCCCCCCCCCCCCCCCNC(=O)C[C@H](NC(=O)C[C@H](NC(=O)CCCCCCC(=O)O)C(=O)O)C(=O)NCCCCCCCCCCCCCCCC. The first-order valence-electron chi connectivity index (χ1n) is 24.7. The van der Waals surface area contributed by atoms with Crippen molar-refractivity contribution in [3.8, 4) is 0 Å². The summed E-state index contributed by atoms with van der Waals surface area (Å²) in [5.41, 5.74) is 0. The highest BCUT2D eigenvalue weighted by Crippen LogP contribution is 2.15. The maximum atomic E-state index is 13.3. The lowest BCUT2D eigenvalue weighted by Gasteiger charge is -2.20. The molecule has 60 heavy (non-hydrogen) atoms. The number of hydrogen-bond acceptors (Lipinski definition) is 6. The van der Waals surface area contributed by atoms with Gasteiger partial charge in [0.15, 0.2) is 0 Å². The summed E-state index contributed by atoms with van der Waals surface area (Å²) in [4.78, 5) is 74.3. The van der Waals surface area contributed by atoms with Gasteiger partial charge in [-0.1, -0.05) is 194 Å². The van der Waals surface area contributed by atoms with Crippen LogP contribution in [0.25, 0.3) is 0 Å². The molecule has 0 aliphatic heterocycles. The lowest BCUT2D eigenvalue weighted by atomic mass is 10.0. The van der Waals surface area contributed by atoms with Gasteiger partial charge in [-0.25, -0.2) is 4.79 Å². The topological polar surface area (TPSA) is 191 Å². The molecule has 350 valence electrons. The van der Waals surface area contributed by atoms with E-state index in [1.165, 1.54) is 135 Å². The van der Waals surface area contributed by atoms with Gasteiger partial charge in [0, 0.05) is 25.9 Å². The zero-order chi connectivity index (χ0) is 44.3. The van der Waals surface area contributed by atoms with E-state index in [0.29, 0.717) is 38.8 Å². The Morgan fingerprint density at radius 2 is 0.700 bits per heavy atom. The first kappa shape index (κ1) is 56.8. The minimum Gasteiger partial charge on any atom is -0.481 e. The Morgan fingerprint density at radius 1 is 0.367 bits per heavy atom. The average Bonchev–Trinajstić information content (AvgIpc) is 3.21. The summed E-state index contributed by atoms with van der Waals surface area (Å²) in [5, 5.41) is 29.2. The standard InChI is InChI=1S/C48H90N4O8/c1-3-5-7-9-11-13-15-17-19-21-23-25-29-33-37-49-44(54)39-41(47(58)50-38-34-30-26-24-22-20-18-16-14-12-10-8-6-4-2)51-45(55)40-42(48(59)60)52-43(53)35-31-27-28-32-36-46(56)57/h41-42H,3-40H2,1-2H3,(H,49,54)(H,50,58)(H,51,55)(H,52,53)(H,56,57)(H,59,60)/t41-,42-/m0/s1. The fourth-order valence-electron chi connectivity index (χ4n) is 7.49. The van der Waals surface area contributed by atoms with Crippen LogP contribution in [-0.4, -0.2) is 71.0 Å². The van der Waals surface area contributed by atoms with Gasteiger partial charge in [-0.15, -0.1) is 0 Å². The molecule has 0 aliphatic rings. The van der Waals surface area contributed by atoms with E-state index in [9.17, 15) is 33.9 Å². The molecule has 4 amide bonds. The van der Waals surface area contributed by atoms with E-state index in [1.807, 2.05) is 0 Å². The van der Waals surface area contributed by atoms with Crippen LogP contribution in [0, 0.1) is 0 Å². The molecule has 0 fully saturated rings. The van der Waals surface area contributed by atoms with Crippen molar-refractivity contribution in [2.75, 3.05) is 13.1 Å². The van der Waals surface area contributed by atoms with E-state index < -0.39 is 48.2 Å². The number of amides is 4. The zero-order valence-electron chi connectivity index (χ0n) is 38.4. The maximum absolute atomic E-state index is 13.3. The average molecular weight is 851 g/mol. The molecule has 0 unspecified atom stereocenters. The minimum atomic E-state index is -1.50. The summed E-state index contributed by atoms with van der Waals surface area (Å²) in [7, 11) is 0. The number of aliphatic carboxylic acids is 2. The third kappa shape index (κ3) is 39.0. The fourth-order valence-corrected chi connectivity index (χ4v) is 7.49. The van der Waals surface area contributed by atoms with Gasteiger partial charge >= 0.3 is 11.9 Å². The number of carbonyl (C=O) groups is 6. The minimum absolute atomic E-state index is 0.0439. The van der Waals surface area contributed by atoms with Crippen LogP contribution < -0.4 is 21.3 Å². The summed E-state index contributed by atoms with van der Waals surface area (Å²) < 4.78 is 0. The number of carboxylic acids is 2. The van der Waals surface area contributed by atoms with E-state index in [1.54, 1.807) is 0 Å². The molecular weight excluding hydrogens is 761 g/mol. The van der Waals surface area contributed by atoms with Crippen molar-refractivity contribution in [3.05, 3.63) is 0 Å². The first-order valence-corrected chi connectivity index (χ1v) is 24.7. The van der Waals surface area contributed by atoms with Gasteiger partial charge in [0.1, 0.15) is 12.1 Å². The number of unbranched alkanes of at least 4 members (excludes halogenated alkanes) is 29. The molecule has 0 aromatic heterocycles. The summed E-state index contributed by atoms with van der Waals surface area (Å²) >= 11 is 0. The zero-order valence-corrected chi connectivity index (χ0v) is 38.4. The van der Waals surface area contributed by atoms with E-state index in [2.05, 4.69) is 35.1 Å². The molecule has 0 bridgehead atoms. The summed E-state index contributed by atoms with van der Waals surface area (Å²) in [6, 6.07) is -2.69. The number of nitrogens with one attached hydrogen (secondary N) is 4. The third-order valence-corrected chi connectivity index (χ3v) is 11.3. The smallest absolute Gasteiger partial charge is 0.326 e. The second-order valence-electron chi connectivity index (χ2n) is 17.1. The van der Waals surface area contributed by atoms with Crippen molar-refractivity contribution >= 4 is 35.6 Å². The Morgan fingerprint density at radius 3 is 1.10 bits per heavy atom. The number of hydrogen-bond donors (Lipinski definition) is 6. The molecule has 0 radical (unpaired) electrons. The van der Waals surface area contributed by atoms with Gasteiger partial charge < -0.3 is 31.5 Å². The van der Waals surface area contributed by atoms with Gasteiger partial charge in [0.25, 0.3) is 0 Å². The van der Waals surface area contributed by atoms with Crippen molar-refractivity contribution in [2.24, 2.45) is 0 Å². The van der Waals surface area contributed by atoms with Crippen molar-refractivity contribution < 1.29 is 39.0 Å². The molecule has 2 atom stereocenters. The Balaban J connectivity index is 4.74. The quantitative estimate of drug-likeness (QED) is 0.0326. The van der Waals surface area contributed by atoms with E-state index >= 15 is 0 Å². The van der Waals surface area contributed by atoms with Gasteiger partial charge in [-0.05, 0) is 25.7 Å². The fraction of sp³-hybridized carbons (Fsp3) is 0.875. The maximum Gasteiger partial charge on any atom is 0.326 e. The van der Waals surface area contributed by atoms with Crippen LogP contribution >= 0.6 is 0 Å². The molecule has 0 aromatic carbocycles.